The molecule has 110 valence electrons. The summed E-state index contributed by atoms with van der Waals surface area (Å²) in [6, 6.07) is 5.31. The maximum Gasteiger partial charge on any atom is 0.338 e. The fourth-order valence-corrected chi connectivity index (χ4v) is 2.68. The van der Waals surface area contributed by atoms with E-state index < -0.39 is 5.97 Å². The summed E-state index contributed by atoms with van der Waals surface area (Å²) in [5.74, 6) is -0.633. The fourth-order valence-electron chi connectivity index (χ4n) is 2.19. The molecule has 0 spiro atoms. The minimum atomic E-state index is -0.487. The second-order valence-electron chi connectivity index (χ2n) is 5.08. The van der Waals surface area contributed by atoms with Crippen molar-refractivity contribution < 1.29 is 14.3 Å². The van der Waals surface area contributed by atoms with Gasteiger partial charge in [-0.25, -0.2) is 4.79 Å². The van der Waals surface area contributed by atoms with Gasteiger partial charge in [-0.1, -0.05) is 0 Å². The minimum Gasteiger partial charge on any atom is -0.465 e. The number of nitrogens with zero attached hydrogens (tertiary/aromatic N) is 1. The lowest BCUT2D eigenvalue weighted by Gasteiger charge is -2.31. The highest BCUT2D eigenvalue weighted by atomic mass is 127. The predicted molar refractivity (Wildman–Crippen MR) is 86.9 cm³/mol. The molecule has 0 fully saturated rings. The third-order valence-corrected chi connectivity index (χ3v) is 3.64. The molecule has 1 amide bonds. The van der Waals surface area contributed by atoms with Crippen LogP contribution in [0, 0.1) is 3.57 Å². The van der Waals surface area contributed by atoms with E-state index in [-0.39, 0.29) is 18.0 Å². The molecule has 0 saturated carbocycles. The predicted octanol–water partition coefficient (Wildman–Crippen LogP) is 3.34. The molecule has 1 rings (SSSR count). The summed E-state index contributed by atoms with van der Waals surface area (Å²) in [4.78, 5) is 26.3. The number of ether oxygens (including phenoxy) is 1. The smallest absolute Gasteiger partial charge is 0.338 e. The van der Waals surface area contributed by atoms with E-state index in [1.54, 1.807) is 17.0 Å². The lowest BCUT2D eigenvalue weighted by atomic mass is 10.0. The van der Waals surface area contributed by atoms with Gasteiger partial charge < -0.3 is 9.64 Å². The summed E-state index contributed by atoms with van der Waals surface area (Å²) in [6.45, 7) is 7.84. The second kappa shape index (κ2) is 7.06. The number of esters is 1. The Kier molecular flexibility index (Phi) is 5.98. The van der Waals surface area contributed by atoms with E-state index in [1.807, 2.05) is 33.8 Å². The highest BCUT2D eigenvalue weighted by Crippen LogP contribution is 2.19. The number of rotatable bonds is 4. The summed E-state index contributed by atoms with van der Waals surface area (Å²) in [5.41, 5.74) is 0.704. The Morgan fingerprint density at radius 1 is 1.10 bits per heavy atom. The number of carbonyl (C=O) groups excluding carboxylic acids is 2. The molecule has 5 heteroatoms. The number of hydrogen-bond acceptors (Lipinski definition) is 3. The van der Waals surface area contributed by atoms with Crippen LogP contribution in [0.15, 0.2) is 18.2 Å². The van der Waals surface area contributed by atoms with Crippen LogP contribution in [0.25, 0.3) is 0 Å². The number of hydrogen-bond donors (Lipinski definition) is 0. The fraction of sp³-hybridized carbons (Fsp3) is 0.467. The Morgan fingerprint density at radius 2 is 1.65 bits per heavy atom. The number of carbonyl (C=O) groups is 2. The summed E-state index contributed by atoms with van der Waals surface area (Å²) in [7, 11) is 1.32. The normalized spacial score (nSPS) is 10.8. The van der Waals surface area contributed by atoms with Gasteiger partial charge in [0.25, 0.3) is 5.91 Å². The maximum absolute atomic E-state index is 12.7. The van der Waals surface area contributed by atoms with E-state index >= 15 is 0 Å². The van der Waals surface area contributed by atoms with Crippen molar-refractivity contribution in [2.24, 2.45) is 0 Å². The molecular weight excluding hydrogens is 369 g/mol. The lowest BCUT2D eigenvalue weighted by molar-refractivity contribution is 0.0573. The van der Waals surface area contributed by atoms with Crippen LogP contribution in [0.2, 0.25) is 0 Å². The first-order valence-corrected chi connectivity index (χ1v) is 7.58. The summed E-state index contributed by atoms with van der Waals surface area (Å²) in [5, 5.41) is 0. The molecule has 0 aliphatic heterocycles. The minimum absolute atomic E-state index is 0.0623. The highest BCUT2D eigenvalue weighted by molar-refractivity contribution is 14.1. The molecule has 0 saturated heterocycles. The van der Waals surface area contributed by atoms with Gasteiger partial charge in [0.15, 0.2) is 0 Å². The molecule has 0 radical (unpaired) electrons. The number of methoxy groups -OCH3 is 1. The average molecular weight is 389 g/mol. The quantitative estimate of drug-likeness (QED) is 0.586. The van der Waals surface area contributed by atoms with Gasteiger partial charge in [-0.3, -0.25) is 4.79 Å². The van der Waals surface area contributed by atoms with Crippen molar-refractivity contribution >= 4 is 34.5 Å². The third-order valence-electron chi connectivity index (χ3n) is 2.96. The molecule has 0 N–H and O–H groups in total. The van der Waals surface area contributed by atoms with E-state index in [9.17, 15) is 9.59 Å². The second-order valence-corrected chi connectivity index (χ2v) is 6.33. The third kappa shape index (κ3) is 3.71. The van der Waals surface area contributed by atoms with Gasteiger partial charge in [0.05, 0.1) is 18.2 Å². The van der Waals surface area contributed by atoms with Crippen LogP contribution in [-0.2, 0) is 4.74 Å². The average Bonchev–Trinajstić information content (AvgIpc) is 2.36. The van der Waals surface area contributed by atoms with Crippen LogP contribution in [0.5, 0.6) is 0 Å². The Labute approximate surface area is 133 Å². The molecule has 20 heavy (non-hydrogen) atoms. The Hall–Kier alpha value is -1.11. The van der Waals surface area contributed by atoms with Crippen molar-refractivity contribution in [2.75, 3.05) is 7.11 Å². The van der Waals surface area contributed by atoms with Crippen LogP contribution in [0.1, 0.15) is 48.4 Å². The van der Waals surface area contributed by atoms with Gasteiger partial charge in [-0.2, -0.15) is 0 Å². The van der Waals surface area contributed by atoms with Gasteiger partial charge in [-0.15, -0.1) is 0 Å². The molecule has 4 nitrogen and oxygen atoms in total. The standard InChI is InChI=1S/C15H20INO3/c1-9(2)17(10(3)4)14(18)12-7-6-11(16)8-13(12)15(19)20-5/h6-10H,1-5H3. The van der Waals surface area contributed by atoms with Gasteiger partial charge in [0.2, 0.25) is 0 Å². The Bertz CT molecular complexity index is 504. The van der Waals surface area contributed by atoms with Crippen molar-refractivity contribution in [2.45, 2.75) is 39.8 Å². The van der Waals surface area contributed by atoms with Crippen molar-refractivity contribution in [1.82, 2.24) is 4.90 Å². The maximum atomic E-state index is 12.7. The number of amides is 1. The molecule has 1 aromatic carbocycles. The molecule has 0 aliphatic rings. The van der Waals surface area contributed by atoms with Gasteiger partial charge >= 0.3 is 5.97 Å². The number of halogens is 1. The largest absolute Gasteiger partial charge is 0.465 e. The van der Waals surface area contributed by atoms with Crippen LogP contribution in [0.3, 0.4) is 0 Å². The molecule has 0 bridgehead atoms. The molecule has 0 atom stereocenters. The zero-order valence-corrected chi connectivity index (χ0v) is 14.6. The van der Waals surface area contributed by atoms with Gasteiger partial charge in [-0.05, 0) is 68.5 Å². The van der Waals surface area contributed by atoms with E-state index in [1.165, 1.54) is 7.11 Å². The van der Waals surface area contributed by atoms with E-state index in [0.29, 0.717) is 11.1 Å². The molecule has 0 aromatic heterocycles. The summed E-state index contributed by atoms with van der Waals surface area (Å²) >= 11 is 2.11. The molecular formula is C15H20INO3. The zero-order chi connectivity index (χ0) is 15.4. The lowest BCUT2D eigenvalue weighted by Crippen LogP contribution is -2.42. The first-order valence-electron chi connectivity index (χ1n) is 6.50. The SMILES string of the molecule is COC(=O)c1cc(I)ccc1C(=O)N(C(C)C)C(C)C. The van der Waals surface area contributed by atoms with Crippen molar-refractivity contribution in [1.29, 1.82) is 0 Å². The molecule has 0 aliphatic carbocycles. The number of benzene rings is 1. The van der Waals surface area contributed by atoms with Crippen molar-refractivity contribution in [3.05, 3.63) is 32.9 Å². The van der Waals surface area contributed by atoms with Crippen LogP contribution in [0.4, 0.5) is 0 Å². The van der Waals surface area contributed by atoms with Gasteiger partial charge in [0.1, 0.15) is 0 Å². The first-order chi connectivity index (χ1) is 9.29. The van der Waals surface area contributed by atoms with Crippen LogP contribution < -0.4 is 0 Å². The Balaban J connectivity index is 3.31. The highest BCUT2D eigenvalue weighted by Gasteiger charge is 2.26. The first kappa shape index (κ1) is 16.9. The zero-order valence-electron chi connectivity index (χ0n) is 12.4. The van der Waals surface area contributed by atoms with Crippen molar-refractivity contribution in [3.63, 3.8) is 0 Å². The van der Waals surface area contributed by atoms with Crippen LogP contribution in [-0.4, -0.2) is 36.0 Å². The summed E-state index contributed by atoms with van der Waals surface area (Å²) < 4.78 is 5.66. The van der Waals surface area contributed by atoms with Crippen LogP contribution >= 0.6 is 22.6 Å². The molecule has 0 unspecified atom stereocenters. The Morgan fingerprint density at radius 3 is 2.10 bits per heavy atom. The molecule has 1 aromatic rings. The topological polar surface area (TPSA) is 46.6 Å². The van der Waals surface area contributed by atoms with Gasteiger partial charge in [0, 0.05) is 15.7 Å². The van der Waals surface area contributed by atoms with E-state index in [4.69, 9.17) is 4.74 Å². The summed E-state index contributed by atoms with van der Waals surface area (Å²) in [6.07, 6.45) is 0. The monoisotopic (exact) mass is 389 g/mol. The van der Waals surface area contributed by atoms with E-state index in [2.05, 4.69) is 22.6 Å². The van der Waals surface area contributed by atoms with Crippen molar-refractivity contribution in [3.8, 4) is 0 Å². The van der Waals surface area contributed by atoms with E-state index in [0.717, 1.165) is 3.57 Å². The molecule has 0 heterocycles.